The molecule has 0 unspecified atom stereocenters. The SMILES string of the molecule is C/C(=N/NC(=O)Cc1ccc(C)cc1C)c1ccc(C)s1. The molecule has 0 spiro atoms. The zero-order valence-electron chi connectivity index (χ0n) is 12.9. The predicted octanol–water partition coefficient (Wildman–Crippen LogP) is 3.76. The Morgan fingerprint density at radius 3 is 2.57 bits per heavy atom. The fourth-order valence-electron chi connectivity index (χ4n) is 2.09. The Balaban J connectivity index is 1.98. The number of carbonyl (C=O) groups is 1. The van der Waals surface area contributed by atoms with Crippen molar-refractivity contribution in [2.75, 3.05) is 0 Å². The molecule has 110 valence electrons. The van der Waals surface area contributed by atoms with E-state index in [0.717, 1.165) is 21.7 Å². The summed E-state index contributed by atoms with van der Waals surface area (Å²) in [7, 11) is 0. The maximum absolute atomic E-state index is 12.0. The first-order valence-corrected chi connectivity index (χ1v) is 7.73. The van der Waals surface area contributed by atoms with Crippen LogP contribution in [0.3, 0.4) is 0 Å². The van der Waals surface area contributed by atoms with E-state index in [1.165, 1.54) is 10.4 Å². The van der Waals surface area contributed by atoms with Crippen LogP contribution in [0.15, 0.2) is 35.4 Å². The molecular weight excluding hydrogens is 280 g/mol. The lowest BCUT2D eigenvalue weighted by molar-refractivity contribution is -0.120. The van der Waals surface area contributed by atoms with Gasteiger partial charge in [-0.3, -0.25) is 4.79 Å². The van der Waals surface area contributed by atoms with Crippen molar-refractivity contribution in [3.8, 4) is 0 Å². The van der Waals surface area contributed by atoms with Gasteiger partial charge in [0, 0.05) is 4.88 Å². The summed E-state index contributed by atoms with van der Waals surface area (Å²) in [6.07, 6.45) is 0.354. The average Bonchev–Trinajstić information content (AvgIpc) is 2.86. The van der Waals surface area contributed by atoms with Gasteiger partial charge in [0.25, 0.3) is 0 Å². The van der Waals surface area contributed by atoms with Gasteiger partial charge in [0.05, 0.1) is 17.0 Å². The molecule has 3 nitrogen and oxygen atoms in total. The summed E-state index contributed by atoms with van der Waals surface area (Å²) >= 11 is 1.67. The van der Waals surface area contributed by atoms with E-state index in [4.69, 9.17) is 0 Å². The highest BCUT2D eigenvalue weighted by molar-refractivity contribution is 7.14. The minimum absolute atomic E-state index is 0.0884. The molecule has 1 N–H and O–H groups in total. The Bertz CT molecular complexity index is 686. The number of hydrogen-bond acceptors (Lipinski definition) is 3. The molecular formula is C17H20N2OS. The molecule has 2 rings (SSSR count). The lowest BCUT2D eigenvalue weighted by Gasteiger charge is -2.06. The fraction of sp³-hybridized carbons (Fsp3) is 0.294. The Hall–Kier alpha value is -1.94. The van der Waals surface area contributed by atoms with Gasteiger partial charge in [0.2, 0.25) is 5.91 Å². The van der Waals surface area contributed by atoms with Crippen LogP contribution >= 0.6 is 11.3 Å². The second kappa shape index (κ2) is 6.68. The first-order chi connectivity index (χ1) is 9.95. The summed E-state index contributed by atoms with van der Waals surface area (Å²) in [5, 5.41) is 4.18. The quantitative estimate of drug-likeness (QED) is 0.678. The Morgan fingerprint density at radius 1 is 1.19 bits per heavy atom. The highest BCUT2D eigenvalue weighted by Gasteiger charge is 2.06. The molecule has 1 amide bonds. The van der Waals surface area contributed by atoms with Gasteiger partial charge in [0.1, 0.15) is 0 Å². The molecule has 0 saturated heterocycles. The largest absolute Gasteiger partial charge is 0.273 e. The Labute approximate surface area is 129 Å². The third-order valence-corrected chi connectivity index (χ3v) is 4.40. The molecule has 0 aliphatic carbocycles. The van der Waals surface area contributed by atoms with Crippen LogP contribution in [0.25, 0.3) is 0 Å². The van der Waals surface area contributed by atoms with Crippen molar-refractivity contribution in [2.24, 2.45) is 5.10 Å². The molecule has 0 atom stereocenters. The fourth-order valence-corrected chi connectivity index (χ4v) is 2.90. The van der Waals surface area contributed by atoms with E-state index >= 15 is 0 Å². The number of thiophene rings is 1. The monoisotopic (exact) mass is 300 g/mol. The van der Waals surface area contributed by atoms with Crippen molar-refractivity contribution in [1.82, 2.24) is 5.43 Å². The van der Waals surface area contributed by atoms with Crippen LogP contribution in [0.2, 0.25) is 0 Å². The summed E-state index contributed by atoms with van der Waals surface area (Å²) in [6, 6.07) is 10.2. The maximum atomic E-state index is 12.0. The number of amides is 1. The van der Waals surface area contributed by atoms with Crippen molar-refractivity contribution in [3.63, 3.8) is 0 Å². The van der Waals surface area contributed by atoms with E-state index in [2.05, 4.69) is 29.6 Å². The van der Waals surface area contributed by atoms with Gasteiger partial charge in [-0.15, -0.1) is 11.3 Å². The Kier molecular flexibility index (Phi) is 4.91. The van der Waals surface area contributed by atoms with E-state index in [1.54, 1.807) is 11.3 Å². The van der Waals surface area contributed by atoms with Gasteiger partial charge >= 0.3 is 0 Å². The Morgan fingerprint density at radius 2 is 1.95 bits per heavy atom. The molecule has 0 fully saturated rings. The molecule has 0 radical (unpaired) electrons. The molecule has 0 aliphatic heterocycles. The van der Waals surface area contributed by atoms with Gasteiger partial charge in [-0.25, -0.2) is 5.43 Å². The van der Waals surface area contributed by atoms with Crippen LogP contribution in [0.4, 0.5) is 0 Å². The zero-order chi connectivity index (χ0) is 15.4. The molecule has 0 bridgehead atoms. The summed E-state index contributed by atoms with van der Waals surface area (Å²) in [5.74, 6) is -0.0884. The molecule has 1 aromatic carbocycles. The molecule has 1 aromatic heterocycles. The number of nitrogens with zero attached hydrogens (tertiary/aromatic N) is 1. The number of aryl methyl sites for hydroxylation is 3. The third kappa shape index (κ3) is 4.26. The first-order valence-electron chi connectivity index (χ1n) is 6.92. The van der Waals surface area contributed by atoms with E-state index < -0.39 is 0 Å². The summed E-state index contributed by atoms with van der Waals surface area (Å²) in [4.78, 5) is 14.3. The zero-order valence-corrected chi connectivity index (χ0v) is 13.7. The van der Waals surface area contributed by atoms with Crippen LogP contribution in [0.5, 0.6) is 0 Å². The molecule has 0 aliphatic rings. The maximum Gasteiger partial charge on any atom is 0.244 e. The van der Waals surface area contributed by atoms with Crippen LogP contribution < -0.4 is 5.43 Å². The lowest BCUT2D eigenvalue weighted by Crippen LogP contribution is -2.21. The molecule has 21 heavy (non-hydrogen) atoms. The number of carbonyl (C=O) groups excluding carboxylic acids is 1. The van der Waals surface area contributed by atoms with E-state index in [0.29, 0.717) is 6.42 Å². The number of hydrogen-bond donors (Lipinski definition) is 1. The molecule has 1 heterocycles. The molecule has 2 aromatic rings. The summed E-state index contributed by atoms with van der Waals surface area (Å²) < 4.78 is 0. The van der Waals surface area contributed by atoms with Crippen LogP contribution in [-0.2, 0) is 11.2 Å². The summed E-state index contributed by atoms with van der Waals surface area (Å²) in [5.41, 5.74) is 6.86. The summed E-state index contributed by atoms with van der Waals surface area (Å²) in [6.45, 7) is 8.04. The molecule has 4 heteroatoms. The van der Waals surface area contributed by atoms with Crippen LogP contribution in [0.1, 0.15) is 33.4 Å². The minimum Gasteiger partial charge on any atom is -0.273 e. The van der Waals surface area contributed by atoms with E-state index in [-0.39, 0.29) is 5.91 Å². The molecule has 0 saturated carbocycles. The number of benzene rings is 1. The second-order valence-electron chi connectivity index (χ2n) is 5.25. The first kappa shape index (κ1) is 15.4. The van der Waals surface area contributed by atoms with Crippen LogP contribution in [-0.4, -0.2) is 11.6 Å². The predicted molar refractivity (Wildman–Crippen MR) is 89.0 cm³/mol. The third-order valence-electron chi connectivity index (χ3n) is 3.29. The van der Waals surface area contributed by atoms with Crippen LogP contribution in [0, 0.1) is 20.8 Å². The van der Waals surface area contributed by atoms with Crippen molar-refractivity contribution in [1.29, 1.82) is 0 Å². The topological polar surface area (TPSA) is 41.5 Å². The second-order valence-corrected chi connectivity index (χ2v) is 6.54. The number of nitrogens with one attached hydrogen (secondary N) is 1. The normalized spacial score (nSPS) is 11.5. The van der Waals surface area contributed by atoms with Gasteiger partial charge < -0.3 is 0 Å². The number of hydrazone groups is 1. The highest BCUT2D eigenvalue weighted by atomic mass is 32.1. The van der Waals surface area contributed by atoms with Gasteiger partial charge in [-0.2, -0.15) is 5.10 Å². The van der Waals surface area contributed by atoms with Crippen molar-refractivity contribution >= 4 is 23.0 Å². The van der Waals surface area contributed by atoms with Crippen molar-refractivity contribution < 1.29 is 4.79 Å². The van der Waals surface area contributed by atoms with Gasteiger partial charge in [-0.1, -0.05) is 23.8 Å². The van der Waals surface area contributed by atoms with Crippen molar-refractivity contribution in [2.45, 2.75) is 34.1 Å². The number of rotatable bonds is 4. The minimum atomic E-state index is -0.0884. The van der Waals surface area contributed by atoms with E-state index in [9.17, 15) is 4.79 Å². The average molecular weight is 300 g/mol. The lowest BCUT2D eigenvalue weighted by atomic mass is 10.0. The standard InChI is InChI=1S/C17H20N2OS/c1-11-5-7-15(12(2)9-11)10-17(20)19-18-14(4)16-8-6-13(3)21-16/h5-9H,10H2,1-4H3,(H,19,20)/b18-14-. The highest BCUT2D eigenvalue weighted by Crippen LogP contribution is 2.15. The van der Waals surface area contributed by atoms with Gasteiger partial charge in [-0.05, 0) is 51.0 Å². The van der Waals surface area contributed by atoms with Crippen molar-refractivity contribution in [3.05, 3.63) is 56.8 Å². The van der Waals surface area contributed by atoms with E-state index in [1.807, 2.05) is 39.0 Å². The smallest absolute Gasteiger partial charge is 0.244 e. The van der Waals surface area contributed by atoms with Gasteiger partial charge in [0.15, 0.2) is 0 Å².